The van der Waals surface area contributed by atoms with Gasteiger partial charge in [-0.1, -0.05) is 54.6 Å². The van der Waals surface area contributed by atoms with Gasteiger partial charge >= 0.3 is 14.4 Å². The van der Waals surface area contributed by atoms with E-state index >= 15 is 8.78 Å². The van der Waals surface area contributed by atoms with Gasteiger partial charge in [-0.05, 0) is 41.0 Å². The zero-order valence-electron chi connectivity index (χ0n) is 23.0. The fourth-order valence-corrected chi connectivity index (χ4v) is 5.39. The minimum atomic E-state index is -3.05. The SMILES string of the molecule is COc1ccc(C(O[C@H]2[C@@H](F)[C@H](n3ccc(=O)[nH]c3=O)O[C@]2(F)COP=O)(c2ccccc2)c2ccc(OC)cc2)cc1. The Morgan fingerprint density at radius 3 is 1.98 bits per heavy atom. The second-order valence-electron chi connectivity index (χ2n) is 9.65. The van der Waals surface area contributed by atoms with Gasteiger partial charge in [-0.2, -0.15) is 0 Å². The van der Waals surface area contributed by atoms with Crippen molar-refractivity contribution < 1.29 is 36.8 Å². The number of nitrogens with one attached hydrogen (secondary N) is 1. The van der Waals surface area contributed by atoms with Crippen molar-refractivity contribution in [3.63, 3.8) is 0 Å². The van der Waals surface area contributed by atoms with Crippen LogP contribution in [-0.4, -0.2) is 48.5 Å². The number of benzene rings is 3. The van der Waals surface area contributed by atoms with Crippen LogP contribution in [0.1, 0.15) is 22.9 Å². The number of ether oxygens (including phenoxy) is 4. The van der Waals surface area contributed by atoms with Gasteiger partial charge in [0, 0.05) is 12.3 Å². The highest BCUT2D eigenvalue weighted by Crippen LogP contribution is 2.49. The first-order valence-corrected chi connectivity index (χ1v) is 13.8. The number of aromatic nitrogens is 2. The van der Waals surface area contributed by atoms with Crippen LogP contribution in [-0.2, 0) is 24.2 Å². The predicted octanol–water partition coefficient (Wildman–Crippen LogP) is 4.69. The van der Waals surface area contributed by atoms with Crippen LogP contribution in [0.5, 0.6) is 11.5 Å². The van der Waals surface area contributed by atoms with Crippen molar-refractivity contribution in [2.24, 2.45) is 0 Å². The zero-order chi connectivity index (χ0) is 30.6. The molecule has 1 saturated heterocycles. The Bertz CT molecular complexity index is 1620. The fourth-order valence-electron chi connectivity index (χ4n) is 5.16. The van der Waals surface area contributed by atoms with Crippen molar-refractivity contribution in [1.29, 1.82) is 0 Å². The monoisotopic (exact) mass is 612 g/mol. The molecule has 0 aliphatic carbocycles. The largest absolute Gasteiger partial charge is 0.497 e. The van der Waals surface area contributed by atoms with Gasteiger partial charge in [-0.3, -0.25) is 18.9 Å². The minimum Gasteiger partial charge on any atom is -0.497 e. The number of nitrogens with zero attached hydrogens (tertiary/aromatic N) is 1. The summed E-state index contributed by atoms with van der Waals surface area (Å²) in [5.41, 5.74) is -1.96. The molecule has 0 saturated carbocycles. The number of hydrogen-bond acceptors (Lipinski definition) is 8. The van der Waals surface area contributed by atoms with Gasteiger partial charge < -0.3 is 18.9 Å². The number of aromatic amines is 1. The number of alkyl halides is 2. The van der Waals surface area contributed by atoms with E-state index in [4.69, 9.17) is 23.5 Å². The molecule has 43 heavy (non-hydrogen) atoms. The summed E-state index contributed by atoms with van der Waals surface area (Å²) in [6.45, 7) is -1.01. The fraction of sp³-hybridized carbons (Fsp3) is 0.267. The van der Waals surface area contributed by atoms with E-state index in [1.165, 1.54) is 14.2 Å². The summed E-state index contributed by atoms with van der Waals surface area (Å²) in [4.78, 5) is 26.2. The normalized spacial score (nSPS) is 22.0. The molecule has 1 N–H and O–H groups in total. The molecule has 0 amide bonds. The molecule has 0 bridgehead atoms. The lowest BCUT2D eigenvalue weighted by Gasteiger charge is -2.40. The van der Waals surface area contributed by atoms with Gasteiger partial charge in [-0.25, -0.2) is 18.1 Å². The molecular formula is C30H27F2N2O8P. The number of methoxy groups -OCH3 is 2. The zero-order valence-corrected chi connectivity index (χ0v) is 23.9. The molecule has 4 aromatic rings. The van der Waals surface area contributed by atoms with E-state index in [2.05, 4.69) is 0 Å². The number of H-pyrrole nitrogens is 1. The summed E-state index contributed by atoms with van der Waals surface area (Å²) in [6, 6.07) is 23.3. The van der Waals surface area contributed by atoms with Gasteiger partial charge in [0.05, 0.1) is 14.2 Å². The average molecular weight is 613 g/mol. The second kappa shape index (κ2) is 12.6. The van der Waals surface area contributed by atoms with E-state index in [9.17, 15) is 14.2 Å². The van der Waals surface area contributed by atoms with Crippen molar-refractivity contribution in [2.45, 2.75) is 30.0 Å². The third kappa shape index (κ3) is 5.74. The molecule has 0 unspecified atom stereocenters. The molecule has 2 heterocycles. The highest BCUT2D eigenvalue weighted by molar-refractivity contribution is 7.17. The van der Waals surface area contributed by atoms with Crippen LogP contribution in [0, 0.1) is 0 Å². The quantitative estimate of drug-likeness (QED) is 0.192. The first-order valence-electron chi connectivity index (χ1n) is 13.0. The third-order valence-corrected chi connectivity index (χ3v) is 7.45. The van der Waals surface area contributed by atoms with E-state index in [-0.39, 0.29) is 0 Å². The van der Waals surface area contributed by atoms with Gasteiger partial charge in [0.1, 0.15) is 23.7 Å². The van der Waals surface area contributed by atoms with Crippen molar-refractivity contribution in [3.05, 3.63) is 129 Å². The van der Waals surface area contributed by atoms with Gasteiger partial charge in [0.15, 0.2) is 18.5 Å². The molecule has 4 atom stereocenters. The first-order chi connectivity index (χ1) is 20.8. The molecule has 5 rings (SSSR count). The smallest absolute Gasteiger partial charge is 0.330 e. The molecule has 1 aliphatic rings. The molecule has 1 aliphatic heterocycles. The first kappa shape index (κ1) is 30.2. The molecule has 1 aromatic heterocycles. The Morgan fingerprint density at radius 2 is 1.47 bits per heavy atom. The molecular weight excluding hydrogens is 585 g/mol. The van der Waals surface area contributed by atoms with Crippen LogP contribution in [0.3, 0.4) is 0 Å². The second-order valence-corrected chi connectivity index (χ2v) is 10.1. The van der Waals surface area contributed by atoms with Crippen LogP contribution in [0.2, 0.25) is 0 Å². The lowest BCUT2D eigenvalue weighted by Crippen LogP contribution is -2.49. The standard InChI is InChI=1S/C30H27F2N2O8P/c1-38-22-12-8-20(9-13-22)30(19-6-4-3-5-7-19,21-10-14-23(39-2)15-11-21)41-26-25(31)27(42-29(26,32)18-40-43-37)34-17-16-24(35)33-28(34)36/h3-17,25-27H,18H2,1-2H3,(H,33,35,36)/t25-,26+,27-,29-/m1/s1. The molecule has 0 radical (unpaired) electrons. The van der Waals surface area contributed by atoms with Crippen LogP contribution in [0.4, 0.5) is 8.78 Å². The predicted molar refractivity (Wildman–Crippen MR) is 151 cm³/mol. The number of hydrogen-bond donors (Lipinski definition) is 1. The summed E-state index contributed by atoms with van der Waals surface area (Å²) >= 11 is 0. The number of rotatable bonds is 11. The highest BCUT2D eigenvalue weighted by Gasteiger charge is 2.62. The van der Waals surface area contributed by atoms with Crippen molar-refractivity contribution in [3.8, 4) is 11.5 Å². The summed E-state index contributed by atoms with van der Waals surface area (Å²) in [5, 5.41) is 0. The van der Waals surface area contributed by atoms with Crippen LogP contribution in [0.15, 0.2) is 101 Å². The lowest BCUT2D eigenvalue weighted by atomic mass is 9.79. The topological polar surface area (TPSA) is 118 Å². The Kier molecular flexibility index (Phi) is 8.84. The van der Waals surface area contributed by atoms with E-state index in [1.807, 2.05) is 4.98 Å². The number of halogens is 2. The molecule has 224 valence electrons. The van der Waals surface area contributed by atoms with Gasteiger partial charge in [-0.15, -0.1) is 0 Å². The Hall–Kier alpha value is -4.22. The molecule has 10 nitrogen and oxygen atoms in total. The lowest BCUT2D eigenvalue weighted by molar-refractivity contribution is -0.227. The van der Waals surface area contributed by atoms with Crippen molar-refractivity contribution >= 4 is 8.69 Å². The molecule has 13 heteroatoms. The Morgan fingerprint density at radius 1 is 0.907 bits per heavy atom. The van der Waals surface area contributed by atoms with E-state index < -0.39 is 56.5 Å². The van der Waals surface area contributed by atoms with E-state index in [0.29, 0.717) is 32.8 Å². The maximum Gasteiger partial charge on any atom is 0.330 e. The van der Waals surface area contributed by atoms with Crippen molar-refractivity contribution in [2.75, 3.05) is 20.8 Å². The minimum absolute atomic E-state index is 0.478. The van der Waals surface area contributed by atoms with Crippen LogP contribution >= 0.6 is 8.69 Å². The average Bonchev–Trinajstić information content (AvgIpc) is 3.28. The summed E-state index contributed by atoms with van der Waals surface area (Å²) in [5.74, 6) is -1.97. The van der Waals surface area contributed by atoms with Crippen LogP contribution in [0.25, 0.3) is 0 Å². The molecule has 3 aromatic carbocycles. The molecule has 1 fully saturated rings. The summed E-state index contributed by atoms with van der Waals surface area (Å²) < 4.78 is 72.8. The Balaban J connectivity index is 1.73. The van der Waals surface area contributed by atoms with Gasteiger partial charge in [0.25, 0.3) is 11.4 Å². The maximum absolute atomic E-state index is 16.8. The van der Waals surface area contributed by atoms with E-state index in [1.54, 1.807) is 78.9 Å². The molecule has 0 spiro atoms. The van der Waals surface area contributed by atoms with Crippen molar-refractivity contribution in [1.82, 2.24) is 9.55 Å². The van der Waals surface area contributed by atoms with Gasteiger partial charge in [0.2, 0.25) is 0 Å². The maximum atomic E-state index is 16.8. The summed E-state index contributed by atoms with van der Waals surface area (Å²) in [6.07, 6.45) is -5.25. The highest BCUT2D eigenvalue weighted by atomic mass is 31.1. The summed E-state index contributed by atoms with van der Waals surface area (Å²) in [7, 11) is 2.13. The van der Waals surface area contributed by atoms with E-state index in [0.717, 1.165) is 12.3 Å². The Labute approximate surface area is 246 Å². The third-order valence-electron chi connectivity index (χ3n) is 7.22. The van der Waals surface area contributed by atoms with Crippen LogP contribution < -0.4 is 20.7 Å².